The summed E-state index contributed by atoms with van der Waals surface area (Å²) in [6.45, 7) is 15.2. The summed E-state index contributed by atoms with van der Waals surface area (Å²) < 4.78 is 0. The van der Waals surface area contributed by atoms with E-state index in [0.29, 0.717) is 0 Å². The maximum Gasteiger partial charge on any atom is 0.00155 e. The van der Waals surface area contributed by atoms with Gasteiger partial charge in [-0.05, 0) is 32.8 Å². The van der Waals surface area contributed by atoms with Crippen LogP contribution in [0.25, 0.3) is 0 Å². The first-order valence-corrected chi connectivity index (χ1v) is 4.40. The van der Waals surface area contributed by atoms with Gasteiger partial charge in [0, 0.05) is 5.57 Å². The maximum absolute atomic E-state index is 5.09. The van der Waals surface area contributed by atoms with Crippen LogP contribution in [0.3, 0.4) is 0 Å². The van der Waals surface area contributed by atoms with E-state index in [-0.39, 0.29) is 0 Å². The minimum atomic E-state index is 0.958. The highest BCUT2D eigenvalue weighted by molar-refractivity contribution is 5.33. The second-order valence-corrected chi connectivity index (χ2v) is 2.97. The van der Waals surface area contributed by atoms with Crippen molar-refractivity contribution in [2.75, 3.05) is 0 Å². The first kappa shape index (κ1) is 14.3. The molecular weight excluding hydrogens is 156 g/mol. The van der Waals surface area contributed by atoms with Gasteiger partial charge in [-0.25, -0.2) is 0 Å². The Bertz CT molecular complexity index is 233. The quantitative estimate of drug-likeness (QED) is 0.337. The van der Waals surface area contributed by atoms with Gasteiger partial charge in [-0.2, -0.15) is 0 Å². The summed E-state index contributed by atoms with van der Waals surface area (Å²) in [7, 11) is 0. The third kappa shape index (κ3) is 10.8. The van der Waals surface area contributed by atoms with Crippen molar-refractivity contribution in [1.29, 1.82) is 0 Å². The van der Waals surface area contributed by atoms with Gasteiger partial charge in [0.15, 0.2) is 0 Å². The van der Waals surface area contributed by atoms with Crippen LogP contribution in [0.4, 0.5) is 0 Å². The Hall–Kier alpha value is -1.22. The summed E-state index contributed by atoms with van der Waals surface area (Å²) in [5, 5.41) is 0. The number of hydrogen-bond donors (Lipinski definition) is 0. The standard InChI is InChI=1S/C8H10.C5H10/c1-5-7(3)8(4)6-2;1-4-5(2)3/h1,6H,2H2,3-4H3;2,4H2,1,3H3/b8-7-;. The SMILES string of the molecule is C#C/C(C)=C(/C)C=C.C=C(C)CC. The summed E-state index contributed by atoms with van der Waals surface area (Å²) in [6, 6.07) is 0. The van der Waals surface area contributed by atoms with Crippen LogP contribution in [0.15, 0.2) is 36.0 Å². The van der Waals surface area contributed by atoms with Gasteiger partial charge in [0.05, 0.1) is 0 Å². The van der Waals surface area contributed by atoms with Crippen molar-refractivity contribution < 1.29 is 0 Å². The fourth-order valence-corrected chi connectivity index (χ4v) is 0.267. The summed E-state index contributed by atoms with van der Waals surface area (Å²) in [6.07, 6.45) is 7.96. The summed E-state index contributed by atoms with van der Waals surface area (Å²) in [5.74, 6) is 2.52. The van der Waals surface area contributed by atoms with Gasteiger partial charge in [-0.1, -0.05) is 31.1 Å². The largest absolute Gasteiger partial charge is 0.115 e. The average Bonchev–Trinajstić information content (AvgIpc) is 2.16. The van der Waals surface area contributed by atoms with E-state index in [1.807, 2.05) is 20.8 Å². The number of rotatable bonds is 2. The molecule has 0 amide bonds. The van der Waals surface area contributed by atoms with Gasteiger partial charge in [0.1, 0.15) is 0 Å². The molecule has 0 aromatic rings. The fraction of sp³-hybridized carbons (Fsp3) is 0.385. The van der Waals surface area contributed by atoms with Crippen molar-refractivity contribution in [2.24, 2.45) is 0 Å². The van der Waals surface area contributed by atoms with Crippen molar-refractivity contribution >= 4 is 0 Å². The van der Waals surface area contributed by atoms with Gasteiger partial charge in [0.2, 0.25) is 0 Å². The van der Waals surface area contributed by atoms with E-state index in [9.17, 15) is 0 Å². The van der Waals surface area contributed by atoms with E-state index in [0.717, 1.165) is 17.6 Å². The van der Waals surface area contributed by atoms with Crippen LogP contribution < -0.4 is 0 Å². The Morgan fingerprint density at radius 3 is 1.85 bits per heavy atom. The highest BCUT2D eigenvalue weighted by Crippen LogP contribution is 2.00. The van der Waals surface area contributed by atoms with Crippen LogP contribution in [0, 0.1) is 12.3 Å². The Morgan fingerprint density at radius 2 is 1.77 bits per heavy atom. The van der Waals surface area contributed by atoms with E-state index in [1.165, 1.54) is 5.57 Å². The highest BCUT2D eigenvalue weighted by Gasteiger charge is 1.83. The number of hydrogen-bond acceptors (Lipinski definition) is 0. The van der Waals surface area contributed by atoms with Crippen LogP contribution >= 0.6 is 0 Å². The second-order valence-electron chi connectivity index (χ2n) is 2.97. The molecular formula is C13H20. The lowest BCUT2D eigenvalue weighted by Gasteiger charge is -1.89. The molecule has 0 saturated carbocycles. The minimum absolute atomic E-state index is 0.958. The molecule has 0 atom stereocenters. The number of allylic oxidation sites excluding steroid dienone is 4. The second kappa shape index (κ2) is 8.87. The molecule has 0 N–H and O–H groups in total. The summed E-state index contributed by atoms with van der Waals surface area (Å²) >= 11 is 0. The molecule has 0 unspecified atom stereocenters. The van der Waals surface area contributed by atoms with Gasteiger partial charge < -0.3 is 0 Å². The number of terminal acetylenes is 1. The molecule has 0 rings (SSSR count). The van der Waals surface area contributed by atoms with Crippen molar-refractivity contribution in [3.8, 4) is 12.3 Å². The van der Waals surface area contributed by atoms with Crippen LogP contribution in [-0.4, -0.2) is 0 Å². The van der Waals surface area contributed by atoms with Gasteiger partial charge in [-0.3, -0.25) is 0 Å². The smallest absolute Gasteiger partial charge is 0.00155 e. The summed E-state index contributed by atoms with van der Waals surface area (Å²) in [5.41, 5.74) is 3.29. The van der Waals surface area contributed by atoms with Crippen molar-refractivity contribution in [2.45, 2.75) is 34.1 Å². The normalized spacial score (nSPS) is 10.1. The molecule has 0 spiro atoms. The van der Waals surface area contributed by atoms with Crippen LogP contribution in [0.1, 0.15) is 34.1 Å². The van der Waals surface area contributed by atoms with E-state index < -0.39 is 0 Å². The predicted octanol–water partition coefficient (Wildman–Crippen LogP) is 4.11. The molecule has 0 aliphatic rings. The first-order chi connectivity index (χ1) is 5.99. The van der Waals surface area contributed by atoms with Crippen molar-refractivity contribution in [3.05, 3.63) is 36.0 Å². The van der Waals surface area contributed by atoms with Crippen molar-refractivity contribution in [3.63, 3.8) is 0 Å². The molecule has 0 aliphatic heterocycles. The Kier molecular flexibility index (Phi) is 9.77. The van der Waals surface area contributed by atoms with Crippen molar-refractivity contribution in [1.82, 2.24) is 0 Å². The zero-order valence-corrected chi connectivity index (χ0v) is 9.28. The predicted molar refractivity (Wildman–Crippen MR) is 62.5 cm³/mol. The lowest BCUT2D eigenvalue weighted by atomic mass is 10.2. The maximum atomic E-state index is 5.09. The molecule has 72 valence electrons. The molecule has 0 heteroatoms. The molecule has 0 fully saturated rings. The first-order valence-electron chi connectivity index (χ1n) is 4.40. The molecule has 0 aromatic carbocycles. The van der Waals surface area contributed by atoms with Crippen LogP contribution in [-0.2, 0) is 0 Å². The van der Waals surface area contributed by atoms with Gasteiger partial charge in [0.25, 0.3) is 0 Å². The van der Waals surface area contributed by atoms with E-state index >= 15 is 0 Å². The fourth-order valence-electron chi connectivity index (χ4n) is 0.267. The van der Waals surface area contributed by atoms with E-state index in [4.69, 9.17) is 6.42 Å². The Balaban J connectivity index is 0. The molecule has 0 radical (unpaired) electrons. The third-order valence-electron chi connectivity index (χ3n) is 1.72. The van der Waals surface area contributed by atoms with E-state index in [2.05, 4.69) is 26.0 Å². The average molecular weight is 176 g/mol. The molecule has 0 heterocycles. The molecule has 0 bridgehead atoms. The Labute approximate surface area is 83.1 Å². The van der Waals surface area contributed by atoms with Crippen LogP contribution in [0.5, 0.6) is 0 Å². The minimum Gasteiger partial charge on any atom is -0.115 e. The van der Waals surface area contributed by atoms with Gasteiger partial charge >= 0.3 is 0 Å². The third-order valence-corrected chi connectivity index (χ3v) is 1.72. The Morgan fingerprint density at radius 1 is 1.38 bits per heavy atom. The molecule has 0 nitrogen and oxygen atoms in total. The topological polar surface area (TPSA) is 0 Å². The molecule has 0 saturated heterocycles. The highest BCUT2D eigenvalue weighted by atomic mass is 13.9. The lowest BCUT2D eigenvalue weighted by molar-refractivity contribution is 1.11. The monoisotopic (exact) mass is 176 g/mol. The summed E-state index contributed by atoms with van der Waals surface area (Å²) in [4.78, 5) is 0. The van der Waals surface area contributed by atoms with E-state index in [1.54, 1.807) is 6.08 Å². The zero-order chi connectivity index (χ0) is 10.9. The van der Waals surface area contributed by atoms with Gasteiger partial charge in [-0.15, -0.1) is 13.0 Å². The lowest BCUT2D eigenvalue weighted by Crippen LogP contribution is -1.72. The zero-order valence-electron chi connectivity index (χ0n) is 9.28. The molecule has 0 aliphatic carbocycles. The molecule has 0 aromatic heterocycles. The van der Waals surface area contributed by atoms with Crippen LogP contribution in [0.2, 0.25) is 0 Å². The molecule has 13 heavy (non-hydrogen) atoms.